The molecule has 1 heterocycles. The normalized spacial score (nSPS) is 15.6. The fraction of sp³-hybridized carbons (Fsp3) is 0.500. The van der Waals surface area contributed by atoms with Crippen molar-refractivity contribution < 1.29 is 4.79 Å². The Labute approximate surface area is 109 Å². The van der Waals surface area contributed by atoms with Crippen LogP contribution in [0.15, 0.2) is 18.2 Å². The van der Waals surface area contributed by atoms with Crippen LogP contribution in [0.1, 0.15) is 15.9 Å². The Morgan fingerprint density at radius 3 is 2.56 bits per heavy atom. The van der Waals surface area contributed by atoms with Gasteiger partial charge >= 0.3 is 0 Å². The highest BCUT2D eigenvalue weighted by atomic mass is 16.2. The van der Waals surface area contributed by atoms with E-state index < -0.39 is 0 Å². The number of carbonyl (C=O) groups is 1. The minimum Gasteiger partial charge on any atom is -0.369 e. The summed E-state index contributed by atoms with van der Waals surface area (Å²) >= 11 is 0. The molecule has 0 atom stereocenters. The Balaban J connectivity index is 2.32. The van der Waals surface area contributed by atoms with Crippen molar-refractivity contribution in [3.63, 3.8) is 0 Å². The standard InChI is InChI=1S/C14H21N3O/c1-11-12(14(18)16(2)3)5-4-6-13(11)17-9-7-15-8-10-17/h4-6,15H,7-10H2,1-3H3. The molecule has 1 aliphatic rings. The van der Waals surface area contributed by atoms with Gasteiger partial charge < -0.3 is 15.1 Å². The highest BCUT2D eigenvalue weighted by Gasteiger charge is 2.17. The van der Waals surface area contributed by atoms with E-state index in [0.717, 1.165) is 37.3 Å². The molecule has 0 aliphatic carbocycles. The van der Waals surface area contributed by atoms with Crippen LogP contribution in [0.25, 0.3) is 0 Å². The van der Waals surface area contributed by atoms with E-state index >= 15 is 0 Å². The second-order valence-electron chi connectivity index (χ2n) is 4.89. The molecule has 0 unspecified atom stereocenters. The van der Waals surface area contributed by atoms with E-state index in [1.165, 1.54) is 5.69 Å². The maximum Gasteiger partial charge on any atom is 0.253 e. The van der Waals surface area contributed by atoms with Gasteiger partial charge in [0, 0.05) is 51.5 Å². The number of hydrogen-bond donors (Lipinski definition) is 1. The summed E-state index contributed by atoms with van der Waals surface area (Å²) in [6.07, 6.45) is 0. The second-order valence-corrected chi connectivity index (χ2v) is 4.89. The second kappa shape index (κ2) is 5.40. The number of nitrogens with one attached hydrogen (secondary N) is 1. The van der Waals surface area contributed by atoms with Gasteiger partial charge in [-0.2, -0.15) is 0 Å². The summed E-state index contributed by atoms with van der Waals surface area (Å²) in [4.78, 5) is 16.1. The molecular formula is C14H21N3O. The highest BCUT2D eigenvalue weighted by Crippen LogP contribution is 2.24. The summed E-state index contributed by atoms with van der Waals surface area (Å²) in [6.45, 7) is 6.05. The average molecular weight is 247 g/mol. The van der Waals surface area contributed by atoms with Crippen molar-refractivity contribution in [2.75, 3.05) is 45.2 Å². The fourth-order valence-corrected chi connectivity index (χ4v) is 2.34. The first-order valence-corrected chi connectivity index (χ1v) is 6.38. The largest absolute Gasteiger partial charge is 0.369 e. The van der Waals surface area contributed by atoms with Crippen LogP contribution in [0.2, 0.25) is 0 Å². The Bertz CT molecular complexity index is 437. The molecule has 1 N–H and O–H groups in total. The molecule has 0 radical (unpaired) electrons. The molecular weight excluding hydrogens is 226 g/mol. The van der Waals surface area contributed by atoms with Gasteiger partial charge in [0.1, 0.15) is 0 Å². The van der Waals surface area contributed by atoms with Gasteiger partial charge in [0.05, 0.1) is 0 Å². The van der Waals surface area contributed by atoms with Crippen molar-refractivity contribution in [1.29, 1.82) is 0 Å². The maximum atomic E-state index is 12.1. The van der Waals surface area contributed by atoms with E-state index in [9.17, 15) is 4.79 Å². The van der Waals surface area contributed by atoms with E-state index in [0.29, 0.717) is 0 Å². The Hall–Kier alpha value is -1.55. The molecule has 4 nitrogen and oxygen atoms in total. The third-order valence-electron chi connectivity index (χ3n) is 3.40. The number of carbonyl (C=O) groups excluding carboxylic acids is 1. The lowest BCUT2D eigenvalue weighted by atomic mass is 10.0. The van der Waals surface area contributed by atoms with Crippen LogP contribution in [-0.4, -0.2) is 51.1 Å². The van der Waals surface area contributed by atoms with Gasteiger partial charge in [-0.15, -0.1) is 0 Å². The van der Waals surface area contributed by atoms with E-state index in [1.807, 2.05) is 19.1 Å². The zero-order chi connectivity index (χ0) is 13.1. The van der Waals surface area contributed by atoms with Gasteiger partial charge in [-0.3, -0.25) is 4.79 Å². The van der Waals surface area contributed by atoms with E-state index in [4.69, 9.17) is 0 Å². The molecule has 1 aromatic carbocycles. The first kappa shape index (κ1) is 12.9. The molecule has 1 amide bonds. The summed E-state index contributed by atoms with van der Waals surface area (Å²) in [5, 5.41) is 3.34. The summed E-state index contributed by atoms with van der Waals surface area (Å²) in [5.41, 5.74) is 3.07. The van der Waals surface area contributed by atoms with Crippen molar-refractivity contribution in [1.82, 2.24) is 10.2 Å². The molecule has 0 saturated carbocycles. The van der Waals surface area contributed by atoms with Gasteiger partial charge in [0.15, 0.2) is 0 Å². The molecule has 2 rings (SSSR count). The van der Waals surface area contributed by atoms with Crippen LogP contribution in [0.4, 0.5) is 5.69 Å². The third kappa shape index (κ3) is 2.48. The Morgan fingerprint density at radius 1 is 1.28 bits per heavy atom. The van der Waals surface area contributed by atoms with Crippen LogP contribution < -0.4 is 10.2 Å². The maximum absolute atomic E-state index is 12.1. The number of anilines is 1. The van der Waals surface area contributed by atoms with Crippen molar-refractivity contribution in [3.05, 3.63) is 29.3 Å². The van der Waals surface area contributed by atoms with E-state index in [1.54, 1.807) is 19.0 Å². The number of piperazine rings is 1. The number of hydrogen-bond acceptors (Lipinski definition) is 3. The van der Waals surface area contributed by atoms with Crippen molar-refractivity contribution in [2.24, 2.45) is 0 Å². The summed E-state index contributed by atoms with van der Waals surface area (Å²) in [7, 11) is 3.58. The minimum atomic E-state index is 0.0736. The predicted octanol–water partition coefficient (Wildman–Crippen LogP) is 1.11. The van der Waals surface area contributed by atoms with Crippen LogP contribution in [0.5, 0.6) is 0 Å². The lowest BCUT2D eigenvalue weighted by molar-refractivity contribution is 0.0827. The number of nitrogens with zero attached hydrogens (tertiary/aromatic N) is 2. The Morgan fingerprint density at radius 2 is 1.94 bits per heavy atom. The zero-order valence-electron chi connectivity index (χ0n) is 11.4. The summed E-state index contributed by atoms with van der Waals surface area (Å²) < 4.78 is 0. The SMILES string of the molecule is Cc1c(C(=O)N(C)C)cccc1N1CCNCC1. The quantitative estimate of drug-likeness (QED) is 0.850. The van der Waals surface area contributed by atoms with Crippen LogP contribution in [0, 0.1) is 6.92 Å². The molecule has 18 heavy (non-hydrogen) atoms. The van der Waals surface area contributed by atoms with E-state index in [-0.39, 0.29) is 5.91 Å². The lowest BCUT2D eigenvalue weighted by Gasteiger charge is -2.31. The summed E-state index contributed by atoms with van der Waals surface area (Å²) in [5.74, 6) is 0.0736. The molecule has 1 saturated heterocycles. The molecule has 98 valence electrons. The first-order valence-electron chi connectivity index (χ1n) is 6.38. The van der Waals surface area contributed by atoms with Gasteiger partial charge in [-0.05, 0) is 24.6 Å². The monoisotopic (exact) mass is 247 g/mol. The summed E-state index contributed by atoms with van der Waals surface area (Å²) in [6, 6.07) is 5.98. The van der Waals surface area contributed by atoms with Gasteiger partial charge in [0.25, 0.3) is 5.91 Å². The number of rotatable bonds is 2. The molecule has 1 aliphatic heterocycles. The van der Waals surface area contributed by atoms with Crippen molar-refractivity contribution in [3.8, 4) is 0 Å². The Kier molecular flexibility index (Phi) is 3.87. The van der Waals surface area contributed by atoms with Gasteiger partial charge in [-0.25, -0.2) is 0 Å². The van der Waals surface area contributed by atoms with E-state index in [2.05, 4.69) is 16.3 Å². The number of amides is 1. The minimum absolute atomic E-state index is 0.0736. The highest BCUT2D eigenvalue weighted by molar-refractivity contribution is 5.96. The van der Waals surface area contributed by atoms with Crippen LogP contribution >= 0.6 is 0 Å². The van der Waals surface area contributed by atoms with Crippen molar-refractivity contribution >= 4 is 11.6 Å². The first-order chi connectivity index (χ1) is 8.61. The molecule has 0 spiro atoms. The smallest absolute Gasteiger partial charge is 0.253 e. The predicted molar refractivity (Wildman–Crippen MR) is 74.3 cm³/mol. The molecule has 1 aromatic rings. The molecule has 4 heteroatoms. The molecule has 0 bridgehead atoms. The topological polar surface area (TPSA) is 35.6 Å². The molecule has 1 fully saturated rings. The fourth-order valence-electron chi connectivity index (χ4n) is 2.34. The van der Waals surface area contributed by atoms with Crippen molar-refractivity contribution in [2.45, 2.75) is 6.92 Å². The van der Waals surface area contributed by atoms with Crippen LogP contribution in [-0.2, 0) is 0 Å². The zero-order valence-corrected chi connectivity index (χ0v) is 11.4. The average Bonchev–Trinajstić information content (AvgIpc) is 2.39. The third-order valence-corrected chi connectivity index (χ3v) is 3.40. The number of benzene rings is 1. The molecule has 0 aromatic heterocycles. The van der Waals surface area contributed by atoms with Gasteiger partial charge in [0.2, 0.25) is 0 Å². The van der Waals surface area contributed by atoms with Crippen LogP contribution in [0.3, 0.4) is 0 Å². The van der Waals surface area contributed by atoms with Gasteiger partial charge in [-0.1, -0.05) is 6.07 Å². The lowest BCUT2D eigenvalue weighted by Crippen LogP contribution is -2.44.